The molecule has 0 saturated heterocycles. The van der Waals surface area contributed by atoms with Crippen LogP contribution in [0.25, 0.3) is 0 Å². The molecule has 0 N–H and O–H groups in total. The van der Waals surface area contributed by atoms with Crippen molar-refractivity contribution in [2.75, 3.05) is 27.2 Å². The van der Waals surface area contributed by atoms with Crippen LogP contribution in [0.5, 0.6) is 5.75 Å². The van der Waals surface area contributed by atoms with Crippen molar-refractivity contribution < 1.29 is 9.13 Å². The van der Waals surface area contributed by atoms with Crippen LogP contribution in [-0.2, 0) is 5.41 Å². The topological polar surface area (TPSA) is 36.3 Å². The van der Waals surface area contributed by atoms with Crippen LogP contribution in [0, 0.1) is 17.1 Å². The SMILES string of the molecule is CN(C)CCC1(C#N)CCCOc2cc(F)ccc21. The van der Waals surface area contributed by atoms with Gasteiger partial charge >= 0.3 is 0 Å². The van der Waals surface area contributed by atoms with Gasteiger partial charge in [0.1, 0.15) is 11.6 Å². The van der Waals surface area contributed by atoms with Crippen LogP contribution in [0.3, 0.4) is 0 Å². The minimum absolute atomic E-state index is 0.319. The zero-order valence-electron chi connectivity index (χ0n) is 11.4. The van der Waals surface area contributed by atoms with E-state index in [1.165, 1.54) is 12.1 Å². The van der Waals surface area contributed by atoms with E-state index in [1.807, 2.05) is 14.1 Å². The van der Waals surface area contributed by atoms with Crippen molar-refractivity contribution in [3.05, 3.63) is 29.6 Å². The van der Waals surface area contributed by atoms with E-state index < -0.39 is 5.41 Å². The van der Waals surface area contributed by atoms with E-state index in [4.69, 9.17) is 4.74 Å². The predicted molar refractivity (Wildman–Crippen MR) is 71.6 cm³/mol. The molecule has 2 rings (SSSR count). The van der Waals surface area contributed by atoms with Gasteiger partial charge in [-0.3, -0.25) is 0 Å². The van der Waals surface area contributed by atoms with Crippen molar-refractivity contribution in [2.45, 2.75) is 24.7 Å². The van der Waals surface area contributed by atoms with Gasteiger partial charge in [0.15, 0.2) is 0 Å². The van der Waals surface area contributed by atoms with Gasteiger partial charge in [-0.1, -0.05) is 6.07 Å². The molecule has 1 unspecified atom stereocenters. The number of rotatable bonds is 3. The van der Waals surface area contributed by atoms with Gasteiger partial charge in [0.05, 0.1) is 18.1 Å². The second kappa shape index (κ2) is 5.58. The molecule has 0 bridgehead atoms. The summed E-state index contributed by atoms with van der Waals surface area (Å²) in [6.07, 6.45) is 2.31. The molecule has 0 aliphatic carbocycles. The monoisotopic (exact) mass is 262 g/mol. The Morgan fingerprint density at radius 2 is 2.26 bits per heavy atom. The van der Waals surface area contributed by atoms with E-state index in [0.29, 0.717) is 12.4 Å². The normalized spacial score (nSPS) is 22.3. The maximum Gasteiger partial charge on any atom is 0.127 e. The summed E-state index contributed by atoms with van der Waals surface area (Å²) >= 11 is 0. The fraction of sp³-hybridized carbons (Fsp3) is 0.533. The number of nitriles is 1. The number of halogens is 1. The quantitative estimate of drug-likeness (QED) is 0.840. The maximum atomic E-state index is 13.3. The van der Waals surface area contributed by atoms with Crippen LogP contribution in [0.4, 0.5) is 4.39 Å². The van der Waals surface area contributed by atoms with Crippen molar-refractivity contribution in [3.63, 3.8) is 0 Å². The molecule has 102 valence electrons. The van der Waals surface area contributed by atoms with E-state index in [2.05, 4.69) is 11.0 Å². The van der Waals surface area contributed by atoms with Crippen molar-refractivity contribution >= 4 is 0 Å². The molecule has 0 saturated carbocycles. The molecule has 0 amide bonds. The highest BCUT2D eigenvalue weighted by Gasteiger charge is 2.36. The third kappa shape index (κ3) is 2.87. The minimum atomic E-state index is -0.566. The Balaban J connectivity index is 2.41. The maximum absolute atomic E-state index is 13.3. The molecule has 4 heteroatoms. The first-order valence-electron chi connectivity index (χ1n) is 6.56. The number of ether oxygens (including phenoxy) is 1. The van der Waals surface area contributed by atoms with E-state index in [1.54, 1.807) is 6.07 Å². The summed E-state index contributed by atoms with van der Waals surface area (Å²) in [6.45, 7) is 1.37. The summed E-state index contributed by atoms with van der Waals surface area (Å²) in [7, 11) is 3.98. The fourth-order valence-corrected chi connectivity index (χ4v) is 2.55. The highest BCUT2D eigenvalue weighted by atomic mass is 19.1. The van der Waals surface area contributed by atoms with Crippen molar-refractivity contribution in [3.8, 4) is 11.8 Å². The third-order valence-corrected chi connectivity index (χ3v) is 3.66. The minimum Gasteiger partial charge on any atom is -0.493 e. The van der Waals surface area contributed by atoms with Gasteiger partial charge in [-0.15, -0.1) is 0 Å². The lowest BCUT2D eigenvalue weighted by Gasteiger charge is -2.27. The Kier molecular flexibility index (Phi) is 4.06. The lowest BCUT2D eigenvalue weighted by molar-refractivity contribution is 0.308. The average molecular weight is 262 g/mol. The zero-order valence-corrected chi connectivity index (χ0v) is 11.4. The molecule has 0 spiro atoms. The highest BCUT2D eigenvalue weighted by Crippen LogP contribution is 2.40. The lowest BCUT2D eigenvalue weighted by Crippen LogP contribution is -2.29. The van der Waals surface area contributed by atoms with Crippen LogP contribution < -0.4 is 4.74 Å². The van der Waals surface area contributed by atoms with Crippen molar-refractivity contribution in [1.82, 2.24) is 4.90 Å². The summed E-state index contributed by atoms with van der Waals surface area (Å²) in [5.41, 5.74) is 0.264. The summed E-state index contributed by atoms with van der Waals surface area (Å²) < 4.78 is 18.9. The lowest BCUT2D eigenvalue weighted by atomic mass is 9.75. The van der Waals surface area contributed by atoms with E-state index >= 15 is 0 Å². The summed E-state index contributed by atoms with van der Waals surface area (Å²) in [5, 5.41) is 9.68. The van der Waals surface area contributed by atoms with E-state index in [9.17, 15) is 9.65 Å². The van der Waals surface area contributed by atoms with Gasteiger partial charge in [0.25, 0.3) is 0 Å². The Labute approximate surface area is 113 Å². The van der Waals surface area contributed by atoms with Gasteiger partial charge in [-0.2, -0.15) is 5.26 Å². The van der Waals surface area contributed by atoms with Gasteiger partial charge in [-0.25, -0.2) is 4.39 Å². The third-order valence-electron chi connectivity index (χ3n) is 3.66. The van der Waals surface area contributed by atoms with E-state index in [0.717, 1.165) is 31.4 Å². The molecule has 1 aliphatic rings. The second-order valence-corrected chi connectivity index (χ2v) is 5.34. The first-order valence-corrected chi connectivity index (χ1v) is 6.56. The Bertz CT molecular complexity index is 495. The smallest absolute Gasteiger partial charge is 0.127 e. The number of benzene rings is 1. The van der Waals surface area contributed by atoms with Crippen molar-refractivity contribution in [1.29, 1.82) is 5.26 Å². The standard InChI is InChI=1S/C15H19FN2O/c1-18(2)8-7-15(11-17)6-3-9-19-14-10-12(16)4-5-13(14)15/h4-5,10H,3,6-9H2,1-2H3. The highest BCUT2D eigenvalue weighted by molar-refractivity contribution is 5.45. The molecule has 1 atom stereocenters. The summed E-state index contributed by atoms with van der Waals surface area (Å²) in [4.78, 5) is 2.06. The Hall–Kier alpha value is -1.60. The number of fused-ring (bicyclic) bond motifs is 1. The number of hydrogen-bond donors (Lipinski definition) is 0. The molecule has 1 aromatic rings. The molecule has 0 aromatic heterocycles. The molecule has 19 heavy (non-hydrogen) atoms. The zero-order chi connectivity index (χ0) is 13.9. The van der Waals surface area contributed by atoms with Gasteiger partial charge in [-0.05, 0) is 46.0 Å². The Morgan fingerprint density at radius 3 is 2.95 bits per heavy atom. The van der Waals surface area contributed by atoms with E-state index in [-0.39, 0.29) is 5.82 Å². The largest absolute Gasteiger partial charge is 0.493 e. The van der Waals surface area contributed by atoms with Crippen LogP contribution in [0.15, 0.2) is 18.2 Å². The van der Waals surface area contributed by atoms with Crippen LogP contribution in [-0.4, -0.2) is 32.1 Å². The fourth-order valence-electron chi connectivity index (χ4n) is 2.55. The van der Waals surface area contributed by atoms with Crippen molar-refractivity contribution in [2.24, 2.45) is 0 Å². The van der Waals surface area contributed by atoms with Gasteiger partial charge < -0.3 is 9.64 Å². The van der Waals surface area contributed by atoms with Crippen LogP contribution in [0.1, 0.15) is 24.8 Å². The molecule has 1 aliphatic heterocycles. The molecular formula is C15H19FN2O. The number of nitrogens with zero attached hydrogens (tertiary/aromatic N) is 2. The second-order valence-electron chi connectivity index (χ2n) is 5.34. The predicted octanol–water partition coefficient (Wildman–Crippen LogP) is 2.71. The van der Waals surface area contributed by atoms with Crippen LogP contribution in [0.2, 0.25) is 0 Å². The van der Waals surface area contributed by atoms with Gasteiger partial charge in [0.2, 0.25) is 0 Å². The average Bonchev–Trinajstić information content (AvgIpc) is 2.56. The number of hydrogen-bond acceptors (Lipinski definition) is 3. The van der Waals surface area contributed by atoms with Crippen LogP contribution >= 0.6 is 0 Å². The van der Waals surface area contributed by atoms with Gasteiger partial charge in [0, 0.05) is 11.6 Å². The first kappa shape index (κ1) is 13.8. The molecule has 3 nitrogen and oxygen atoms in total. The molecule has 1 aromatic carbocycles. The molecular weight excluding hydrogens is 243 g/mol. The molecule has 0 radical (unpaired) electrons. The molecule has 0 fully saturated rings. The summed E-state index contributed by atoms with van der Waals surface area (Å²) in [6, 6.07) is 6.97. The molecule has 1 heterocycles. The Morgan fingerprint density at radius 1 is 1.47 bits per heavy atom. The first-order chi connectivity index (χ1) is 9.07. The summed E-state index contributed by atoms with van der Waals surface area (Å²) in [5.74, 6) is 0.206.